The highest BCUT2D eigenvalue weighted by atomic mass is 16.5. The molecule has 104 valence electrons. The molecule has 20 heavy (non-hydrogen) atoms. The highest BCUT2D eigenvalue weighted by Gasteiger charge is 2.22. The van der Waals surface area contributed by atoms with Crippen LogP contribution in [0.3, 0.4) is 0 Å². The summed E-state index contributed by atoms with van der Waals surface area (Å²) in [6.45, 7) is 0.589. The number of aryl methyl sites for hydroxylation is 1. The Bertz CT molecular complexity index is 625. The summed E-state index contributed by atoms with van der Waals surface area (Å²) < 4.78 is 7.06. The molecule has 2 aromatic rings. The van der Waals surface area contributed by atoms with Crippen LogP contribution in [0.1, 0.15) is 18.0 Å². The maximum Gasteiger partial charge on any atom is 0.322 e. The number of benzene rings is 1. The molecule has 0 spiro atoms. The zero-order chi connectivity index (χ0) is 13.9. The third-order valence-corrected chi connectivity index (χ3v) is 3.20. The van der Waals surface area contributed by atoms with Crippen LogP contribution in [-0.4, -0.2) is 27.4 Å². The maximum absolute atomic E-state index is 12.0. The van der Waals surface area contributed by atoms with Gasteiger partial charge in [-0.15, -0.1) is 0 Å². The topological polar surface area (TPSA) is 81.1 Å². The van der Waals surface area contributed by atoms with Crippen LogP contribution in [0.5, 0.6) is 5.75 Å². The van der Waals surface area contributed by atoms with E-state index in [4.69, 9.17) is 4.74 Å². The van der Waals surface area contributed by atoms with E-state index in [0.717, 1.165) is 17.7 Å². The van der Waals surface area contributed by atoms with E-state index in [1.54, 1.807) is 7.05 Å². The third kappa shape index (κ3) is 2.42. The number of hydrogen-bond donors (Lipinski definition) is 2. The largest absolute Gasteiger partial charge is 0.493 e. The zero-order valence-electron chi connectivity index (χ0n) is 11.0. The van der Waals surface area contributed by atoms with Crippen molar-refractivity contribution in [1.29, 1.82) is 0 Å². The van der Waals surface area contributed by atoms with Gasteiger partial charge in [-0.1, -0.05) is 18.2 Å². The summed E-state index contributed by atoms with van der Waals surface area (Å²) in [7, 11) is 1.71. The van der Waals surface area contributed by atoms with Crippen LogP contribution < -0.4 is 15.4 Å². The summed E-state index contributed by atoms with van der Waals surface area (Å²) in [6, 6.07) is 7.35. The molecule has 1 aromatic heterocycles. The van der Waals surface area contributed by atoms with Gasteiger partial charge in [0.25, 0.3) is 0 Å². The van der Waals surface area contributed by atoms with Gasteiger partial charge in [0.2, 0.25) is 5.95 Å². The molecule has 0 fully saturated rings. The normalized spacial score (nSPS) is 16.9. The summed E-state index contributed by atoms with van der Waals surface area (Å²) in [5, 5.41) is 9.49. The quantitative estimate of drug-likeness (QED) is 0.868. The predicted molar refractivity (Wildman–Crippen MR) is 72.5 cm³/mol. The van der Waals surface area contributed by atoms with E-state index < -0.39 is 0 Å². The average molecular weight is 273 g/mol. The fourth-order valence-corrected chi connectivity index (χ4v) is 2.20. The Morgan fingerprint density at radius 3 is 3.10 bits per heavy atom. The number of nitrogens with one attached hydrogen (secondary N) is 2. The van der Waals surface area contributed by atoms with Gasteiger partial charge >= 0.3 is 6.03 Å². The molecule has 0 unspecified atom stereocenters. The van der Waals surface area contributed by atoms with E-state index in [1.807, 2.05) is 24.3 Å². The molecule has 7 heteroatoms. The fraction of sp³-hybridized carbons (Fsp3) is 0.308. The number of para-hydroxylation sites is 1. The molecule has 3 rings (SSSR count). The second-order valence-electron chi connectivity index (χ2n) is 4.53. The Morgan fingerprint density at radius 2 is 2.30 bits per heavy atom. The van der Waals surface area contributed by atoms with Crippen molar-refractivity contribution in [2.45, 2.75) is 12.5 Å². The van der Waals surface area contributed by atoms with Gasteiger partial charge in [0.05, 0.1) is 12.6 Å². The molecule has 1 aliphatic rings. The van der Waals surface area contributed by atoms with Crippen molar-refractivity contribution in [3.05, 3.63) is 36.2 Å². The number of carbonyl (C=O) groups excluding carboxylic acids is 1. The number of anilines is 1. The molecule has 2 heterocycles. The lowest BCUT2D eigenvalue weighted by Gasteiger charge is -2.26. The lowest BCUT2D eigenvalue weighted by Crippen LogP contribution is -2.35. The van der Waals surface area contributed by atoms with Crippen molar-refractivity contribution in [2.75, 3.05) is 11.9 Å². The Kier molecular flexibility index (Phi) is 3.24. The van der Waals surface area contributed by atoms with Crippen LogP contribution in [0.15, 0.2) is 30.6 Å². The van der Waals surface area contributed by atoms with Gasteiger partial charge in [-0.3, -0.25) is 5.32 Å². The van der Waals surface area contributed by atoms with E-state index in [9.17, 15) is 4.79 Å². The van der Waals surface area contributed by atoms with Crippen LogP contribution in [-0.2, 0) is 7.05 Å². The molecule has 0 aliphatic carbocycles. The molecule has 1 aliphatic heterocycles. The van der Waals surface area contributed by atoms with Crippen LogP contribution in [0, 0.1) is 0 Å². The average Bonchev–Trinajstić information content (AvgIpc) is 2.85. The minimum absolute atomic E-state index is 0.0619. The molecule has 0 bridgehead atoms. The molecule has 0 radical (unpaired) electrons. The molecule has 1 aromatic carbocycles. The summed E-state index contributed by atoms with van der Waals surface area (Å²) in [4.78, 5) is 15.9. The first-order chi connectivity index (χ1) is 9.74. The molecule has 0 saturated carbocycles. The Labute approximate surface area is 116 Å². The number of amides is 2. The van der Waals surface area contributed by atoms with E-state index in [1.165, 1.54) is 11.0 Å². The number of fused-ring (bicyclic) bond motifs is 1. The van der Waals surface area contributed by atoms with Gasteiger partial charge in [0.15, 0.2) is 0 Å². The first-order valence-corrected chi connectivity index (χ1v) is 6.37. The highest BCUT2D eigenvalue weighted by molar-refractivity contribution is 5.87. The summed E-state index contributed by atoms with van der Waals surface area (Å²) in [5.74, 6) is 1.23. The van der Waals surface area contributed by atoms with E-state index in [-0.39, 0.29) is 12.1 Å². The highest BCUT2D eigenvalue weighted by Crippen LogP contribution is 2.31. The monoisotopic (exact) mass is 273 g/mol. The molecule has 2 N–H and O–H groups in total. The minimum atomic E-state index is -0.303. The van der Waals surface area contributed by atoms with E-state index in [0.29, 0.717) is 12.6 Å². The Balaban J connectivity index is 1.70. The molecule has 2 amide bonds. The summed E-state index contributed by atoms with van der Waals surface area (Å²) >= 11 is 0. The van der Waals surface area contributed by atoms with Gasteiger partial charge in [0.1, 0.15) is 12.1 Å². The number of rotatable bonds is 2. The van der Waals surface area contributed by atoms with Gasteiger partial charge in [0, 0.05) is 19.0 Å². The summed E-state index contributed by atoms with van der Waals surface area (Å²) in [5.41, 5.74) is 0.992. The number of ether oxygens (including phenoxy) is 1. The van der Waals surface area contributed by atoms with E-state index in [2.05, 4.69) is 20.7 Å². The van der Waals surface area contributed by atoms with Crippen LogP contribution in [0.2, 0.25) is 0 Å². The third-order valence-electron chi connectivity index (χ3n) is 3.20. The number of aromatic nitrogens is 3. The number of carbonyl (C=O) groups is 1. The maximum atomic E-state index is 12.0. The van der Waals surface area contributed by atoms with Crippen molar-refractivity contribution in [3.8, 4) is 5.75 Å². The number of urea groups is 1. The molecular weight excluding hydrogens is 258 g/mol. The SMILES string of the molecule is Cn1ncnc1NC(=O)N[C@H]1CCOc2ccccc21. The fourth-order valence-electron chi connectivity index (χ4n) is 2.20. The number of nitrogens with zero attached hydrogens (tertiary/aromatic N) is 3. The smallest absolute Gasteiger partial charge is 0.322 e. The Morgan fingerprint density at radius 1 is 1.45 bits per heavy atom. The lowest BCUT2D eigenvalue weighted by atomic mass is 10.0. The van der Waals surface area contributed by atoms with Crippen molar-refractivity contribution in [3.63, 3.8) is 0 Å². The molecule has 7 nitrogen and oxygen atoms in total. The molecule has 1 atom stereocenters. The van der Waals surface area contributed by atoms with Gasteiger partial charge in [-0.25, -0.2) is 9.48 Å². The van der Waals surface area contributed by atoms with Crippen molar-refractivity contribution >= 4 is 12.0 Å². The van der Waals surface area contributed by atoms with Crippen LogP contribution in [0.4, 0.5) is 10.7 Å². The standard InChI is InChI=1S/C13H15N5O2/c1-18-12(14-8-15-18)17-13(19)16-10-6-7-20-11-5-3-2-4-9(10)11/h2-5,8,10H,6-7H2,1H3,(H2,14,15,16,17,19)/t10-/m0/s1. The van der Waals surface area contributed by atoms with Crippen molar-refractivity contribution < 1.29 is 9.53 Å². The predicted octanol–water partition coefficient (Wildman–Crippen LogP) is 1.46. The zero-order valence-corrected chi connectivity index (χ0v) is 11.0. The van der Waals surface area contributed by atoms with Gasteiger partial charge in [-0.05, 0) is 6.07 Å². The van der Waals surface area contributed by atoms with Crippen molar-refractivity contribution in [1.82, 2.24) is 20.1 Å². The van der Waals surface area contributed by atoms with Crippen LogP contribution >= 0.6 is 0 Å². The second kappa shape index (κ2) is 5.20. The molecular formula is C13H15N5O2. The lowest BCUT2D eigenvalue weighted by molar-refractivity contribution is 0.232. The van der Waals surface area contributed by atoms with E-state index >= 15 is 0 Å². The minimum Gasteiger partial charge on any atom is -0.493 e. The number of hydrogen-bond acceptors (Lipinski definition) is 4. The first kappa shape index (κ1) is 12.5. The van der Waals surface area contributed by atoms with Crippen LogP contribution in [0.25, 0.3) is 0 Å². The molecule has 0 saturated heterocycles. The Hall–Kier alpha value is -2.57. The van der Waals surface area contributed by atoms with Gasteiger partial charge < -0.3 is 10.1 Å². The van der Waals surface area contributed by atoms with Gasteiger partial charge in [-0.2, -0.15) is 10.1 Å². The second-order valence-corrected chi connectivity index (χ2v) is 4.53. The first-order valence-electron chi connectivity index (χ1n) is 6.37. The summed E-state index contributed by atoms with van der Waals surface area (Å²) in [6.07, 6.45) is 2.13. The van der Waals surface area contributed by atoms with Crippen molar-refractivity contribution in [2.24, 2.45) is 7.05 Å².